The Kier molecular flexibility index (Phi) is 1.88. The van der Waals surface area contributed by atoms with Crippen LogP contribution in [0.5, 0.6) is 0 Å². The molecule has 0 aromatic rings. The van der Waals surface area contributed by atoms with Crippen molar-refractivity contribution in [3.05, 3.63) is 12.3 Å². The van der Waals surface area contributed by atoms with Crippen molar-refractivity contribution in [2.75, 3.05) is 0 Å². The summed E-state index contributed by atoms with van der Waals surface area (Å²) in [5.74, 6) is -0.560. The predicted octanol–water partition coefficient (Wildman–Crippen LogP) is -0.840. The lowest BCUT2D eigenvalue weighted by Crippen LogP contribution is -2.31. The Hall–Kier alpha value is -1.01. The monoisotopic (exact) mass is 174 g/mol. The first kappa shape index (κ1) is 8.09. The molecule has 0 saturated carbocycles. The summed E-state index contributed by atoms with van der Waals surface area (Å²) in [6.45, 7) is 0. The second kappa shape index (κ2) is 2.55. The van der Waals surface area contributed by atoms with Gasteiger partial charge in [0.05, 0.1) is 0 Å². The number of allylic oxidation sites excluding steroid dienone is 1. The van der Waals surface area contributed by atoms with Crippen LogP contribution in [-0.2, 0) is 14.8 Å². The number of nitrogens with zero attached hydrogens (tertiary/aromatic N) is 1. The summed E-state index contributed by atoms with van der Waals surface area (Å²) < 4.78 is 21.2. The Morgan fingerprint density at radius 2 is 2.18 bits per heavy atom. The fourth-order valence-electron chi connectivity index (χ4n) is 0.672. The molecule has 5 nitrogen and oxygen atoms in total. The van der Waals surface area contributed by atoms with Crippen molar-refractivity contribution in [3.8, 4) is 0 Å². The molecule has 6 heteroatoms. The van der Waals surface area contributed by atoms with Crippen LogP contribution in [0, 0.1) is 0 Å². The summed E-state index contributed by atoms with van der Waals surface area (Å²) in [4.78, 5) is 14.2. The maximum absolute atomic E-state index is 10.8. The third kappa shape index (κ3) is 1.72. The molecule has 0 saturated heterocycles. The summed E-state index contributed by atoms with van der Waals surface area (Å²) >= 11 is 0. The minimum Gasteiger partial charge on any atom is -0.291 e. The molecule has 0 amide bonds. The second-order valence-electron chi connectivity index (χ2n) is 1.99. The number of rotatable bonds is 0. The zero-order chi connectivity index (χ0) is 8.48. The Bertz CT molecular complexity index is 339. The number of aliphatic imine (C=N–C) groups is 1. The Balaban J connectivity index is 3.14. The van der Waals surface area contributed by atoms with Gasteiger partial charge in [-0.1, -0.05) is 6.08 Å². The fourth-order valence-corrected chi connectivity index (χ4v) is 1.28. The minimum atomic E-state index is -3.93. The molecule has 11 heavy (non-hydrogen) atoms. The van der Waals surface area contributed by atoms with Crippen LogP contribution in [-0.4, -0.2) is 19.2 Å². The molecule has 0 aromatic heterocycles. The smallest absolute Gasteiger partial charge is 0.259 e. The molecule has 0 aromatic carbocycles. The Morgan fingerprint density at radius 3 is 2.55 bits per heavy atom. The van der Waals surface area contributed by atoms with Gasteiger partial charge in [-0.25, -0.2) is 18.5 Å². The van der Waals surface area contributed by atoms with E-state index in [1.807, 2.05) is 0 Å². The van der Waals surface area contributed by atoms with E-state index in [2.05, 4.69) is 10.1 Å². The molecule has 0 aliphatic carbocycles. The van der Waals surface area contributed by atoms with Crippen LogP contribution in [0.2, 0.25) is 0 Å². The van der Waals surface area contributed by atoms with Crippen molar-refractivity contribution in [1.82, 2.24) is 0 Å². The van der Waals surface area contributed by atoms with Gasteiger partial charge in [-0.2, -0.15) is 0 Å². The quantitative estimate of drug-likeness (QED) is 0.519. The largest absolute Gasteiger partial charge is 0.291 e. The first-order chi connectivity index (χ1) is 5.02. The van der Waals surface area contributed by atoms with Gasteiger partial charge >= 0.3 is 0 Å². The summed E-state index contributed by atoms with van der Waals surface area (Å²) in [7, 11) is -3.93. The lowest BCUT2D eigenvalue weighted by atomic mass is 10.3. The predicted molar refractivity (Wildman–Crippen MR) is 39.3 cm³/mol. The van der Waals surface area contributed by atoms with Gasteiger partial charge in [-0.05, 0) is 0 Å². The van der Waals surface area contributed by atoms with Crippen molar-refractivity contribution in [1.29, 1.82) is 0 Å². The van der Waals surface area contributed by atoms with Gasteiger partial charge in [0.1, 0.15) is 0 Å². The van der Waals surface area contributed by atoms with E-state index in [0.717, 1.165) is 0 Å². The highest BCUT2D eigenvalue weighted by molar-refractivity contribution is 8.06. The first-order valence-electron chi connectivity index (χ1n) is 2.80. The van der Waals surface area contributed by atoms with E-state index < -0.39 is 20.9 Å². The van der Waals surface area contributed by atoms with Crippen LogP contribution in [0.15, 0.2) is 17.3 Å². The van der Waals surface area contributed by atoms with Crippen LogP contribution < -0.4 is 5.14 Å². The average Bonchev–Trinajstić information content (AvgIpc) is 1.86. The number of nitrogens with two attached hydrogens (primary N) is 1. The number of primary sulfonamides is 1. The number of carbonyl (C=O) groups excluding carboxylic acids is 1. The van der Waals surface area contributed by atoms with E-state index >= 15 is 0 Å². The van der Waals surface area contributed by atoms with Gasteiger partial charge in [0.25, 0.3) is 10.0 Å². The lowest BCUT2D eigenvalue weighted by Gasteiger charge is -2.02. The fraction of sp³-hybridized carbons (Fsp3) is 0.200. The van der Waals surface area contributed by atoms with Gasteiger partial charge in [0.2, 0.25) is 5.04 Å². The van der Waals surface area contributed by atoms with Crippen LogP contribution in [0.25, 0.3) is 0 Å². The highest BCUT2D eigenvalue weighted by Gasteiger charge is 2.22. The molecule has 0 bridgehead atoms. The molecule has 0 atom stereocenters. The Morgan fingerprint density at radius 1 is 1.55 bits per heavy atom. The van der Waals surface area contributed by atoms with Crippen LogP contribution in [0.3, 0.4) is 0 Å². The molecule has 1 heterocycles. The molecule has 0 spiro atoms. The summed E-state index contributed by atoms with van der Waals surface area (Å²) in [5.41, 5.74) is 0. The van der Waals surface area contributed by atoms with E-state index in [1.54, 1.807) is 0 Å². The van der Waals surface area contributed by atoms with Gasteiger partial charge in [-0.3, -0.25) is 4.79 Å². The highest BCUT2D eigenvalue weighted by atomic mass is 32.2. The normalized spacial score (nSPS) is 18.3. The van der Waals surface area contributed by atoms with Crippen molar-refractivity contribution >= 4 is 20.9 Å². The molecule has 0 fully saturated rings. The lowest BCUT2D eigenvalue weighted by molar-refractivity contribution is -0.112. The van der Waals surface area contributed by atoms with Gasteiger partial charge in [-0.15, -0.1) is 0 Å². The molecular formula is C5H6N2O3S. The topological polar surface area (TPSA) is 89.6 Å². The number of sulfonamides is 1. The summed E-state index contributed by atoms with van der Waals surface area (Å²) in [6, 6.07) is 0. The molecule has 60 valence electrons. The number of hydrogen-bond donors (Lipinski definition) is 1. The van der Waals surface area contributed by atoms with Crippen molar-refractivity contribution in [3.63, 3.8) is 0 Å². The maximum Gasteiger partial charge on any atom is 0.259 e. The molecule has 1 rings (SSSR count). The standard InChI is InChI=1S/C5H6N2O3S/c6-11(9,10)5-4(8)2-1-3-7-5/h1,3H,2H2,(H2,6,9,10). The van der Waals surface area contributed by atoms with Crippen LogP contribution >= 0.6 is 0 Å². The highest BCUT2D eigenvalue weighted by Crippen LogP contribution is 2.01. The second-order valence-corrected chi connectivity index (χ2v) is 3.47. The van der Waals surface area contributed by atoms with Crippen LogP contribution in [0.1, 0.15) is 6.42 Å². The number of carbonyl (C=O) groups is 1. The van der Waals surface area contributed by atoms with Crippen LogP contribution in [0.4, 0.5) is 0 Å². The van der Waals surface area contributed by atoms with E-state index in [9.17, 15) is 13.2 Å². The molecule has 0 radical (unpaired) electrons. The van der Waals surface area contributed by atoms with Crippen molar-refractivity contribution in [2.45, 2.75) is 6.42 Å². The molecule has 2 N–H and O–H groups in total. The van der Waals surface area contributed by atoms with Crippen molar-refractivity contribution < 1.29 is 13.2 Å². The first-order valence-corrected chi connectivity index (χ1v) is 4.35. The minimum absolute atomic E-state index is 0.0509. The number of Topliss-reactive ketones (excluding diaryl/α,β-unsaturated/α-hetero) is 1. The SMILES string of the molecule is NS(=O)(=O)C1=NC=CCC1=O. The molecule has 1 aliphatic heterocycles. The van der Waals surface area contributed by atoms with E-state index in [1.165, 1.54) is 12.3 Å². The zero-order valence-corrected chi connectivity index (χ0v) is 6.34. The van der Waals surface area contributed by atoms with Gasteiger partial charge in [0, 0.05) is 12.6 Å². The maximum atomic E-state index is 10.8. The summed E-state index contributed by atoms with van der Waals surface area (Å²) in [6.07, 6.45) is 2.77. The summed E-state index contributed by atoms with van der Waals surface area (Å²) in [5, 5.41) is 4.13. The van der Waals surface area contributed by atoms with E-state index in [-0.39, 0.29) is 6.42 Å². The third-order valence-electron chi connectivity index (χ3n) is 1.11. The molecule has 1 aliphatic rings. The van der Waals surface area contributed by atoms with Crippen molar-refractivity contribution in [2.24, 2.45) is 10.1 Å². The van der Waals surface area contributed by atoms with E-state index in [4.69, 9.17) is 0 Å². The third-order valence-corrected chi connectivity index (χ3v) is 1.98. The number of ketones is 1. The zero-order valence-electron chi connectivity index (χ0n) is 5.52. The average molecular weight is 174 g/mol. The molecular weight excluding hydrogens is 168 g/mol. The van der Waals surface area contributed by atoms with E-state index in [0.29, 0.717) is 0 Å². The van der Waals surface area contributed by atoms with Gasteiger partial charge in [0.15, 0.2) is 5.78 Å². The Labute approximate surface area is 63.7 Å². The number of hydrogen-bond acceptors (Lipinski definition) is 4. The molecule has 0 unspecified atom stereocenters. The van der Waals surface area contributed by atoms with Gasteiger partial charge < -0.3 is 0 Å².